The molecular formula is C23H23NO5. The molecule has 6 nitrogen and oxygen atoms in total. The van der Waals surface area contributed by atoms with E-state index in [0.29, 0.717) is 17.7 Å². The van der Waals surface area contributed by atoms with Crippen LogP contribution in [0.4, 0.5) is 0 Å². The SMILES string of the molecule is CCCCCCOC(=O)c1ccc(/C(N)=C2/C(=O)Oc3ccccc3C2=O)cc1. The van der Waals surface area contributed by atoms with Crippen molar-refractivity contribution >= 4 is 23.4 Å². The summed E-state index contributed by atoms with van der Waals surface area (Å²) in [4.78, 5) is 37.1. The Morgan fingerprint density at radius 3 is 2.38 bits per heavy atom. The van der Waals surface area contributed by atoms with Crippen LogP contribution in [-0.2, 0) is 9.53 Å². The molecule has 0 atom stereocenters. The predicted octanol–water partition coefficient (Wildman–Crippen LogP) is 3.90. The highest BCUT2D eigenvalue weighted by Gasteiger charge is 2.33. The third-order valence-electron chi connectivity index (χ3n) is 4.70. The highest BCUT2D eigenvalue weighted by Crippen LogP contribution is 2.30. The normalized spacial score (nSPS) is 14.8. The second-order valence-electron chi connectivity index (χ2n) is 6.78. The number of unbranched alkanes of at least 4 members (excludes halogenated alkanes) is 3. The van der Waals surface area contributed by atoms with Gasteiger partial charge in [-0.2, -0.15) is 0 Å². The van der Waals surface area contributed by atoms with Crippen molar-refractivity contribution in [1.29, 1.82) is 0 Å². The van der Waals surface area contributed by atoms with Gasteiger partial charge in [-0.1, -0.05) is 50.5 Å². The van der Waals surface area contributed by atoms with Crippen LogP contribution in [0.15, 0.2) is 54.1 Å². The Bertz CT molecular complexity index is 959. The van der Waals surface area contributed by atoms with Crippen molar-refractivity contribution in [3.8, 4) is 5.75 Å². The molecule has 2 aromatic carbocycles. The van der Waals surface area contributed by atoms with Crippen LogP contribution in [0.5, 0.6) is 5.75 Å². The number of esters is 2. The van der Waals surface area contributed by atoms with E-state index < -0.39 is 17.7 Å². The zero-order chi connectivity index (χ0) is 20.8. The monoisotopic (exact) mass is 393 g/mol. The fourth-order valence-corrected chi connectivity index (χ4v) is 3.06. The maximum absolute atomic E-state index is 12.7. The van der Waals surface area contributed by atoms with Crippen molar-refractivity contribution in [3.05, 3.63) is 70.8 Å². The van der Waals surface area contributed by atoms with E-state index in [1.165, 1.54) is 0 Å². The topological polar surface area (TPSA) is 95.7 Å². The van der Waals surface area contributed by atoms with E-state index >= 15 is 0 Å². The van der Waals surface area contributed by atoms with Crippen LogP contribution >= 0.6 is 0 Å². The lowest BCUT2D eigenvalue weighted by Gasteiger charge is -2.18. The minimum Gasteiger partial charge on any atom is -0.462 e. The van der Waals surface area contributed by atoms with Crippen molar-refractivity contribution in [2.45, 2.75) is 32.6 Å². The lowest BCUT2D eigenvalue weighted by atomic mass is 9.95. The fraction of sp³-hybridized carbons (Fsp3) is 0.261. The Labute approximate surface area is 169 Å². The molecule has 2 N–H and O–H groups in total. The van der Waals surface area contributed by atoms with E-state index in [1.807, 2.05) is 0 Å². The third-order valence-corrected chi connectivity index (χ3v) is 4.70. The van der Waals surface area contributed by atoms with E-state index in [1.54, 1.807) is 48.5 Å². The van der Waals surface area contributed by atoms with Gasteiger partial charge in [0, 0.05) is 0 Å². The number of para-hydroxylation sites is 1. The Kier molecular flexibility index (Phi) is 6.44. The zero-order valence-electron chi connectivity index (χ0n) is 16.3. The largest absolute Gasteiger partial charge is 0.462 e. The van der Waals surface area contributed by atoms with E-state index in [-0.39, 0.29) is 22.6 Å². The molecule has 2 aromatic rings. The molecule has 0 bridgehead atoms. The number of ketones is 1. The minimum absolute atomic E-state index is 0.00832. The summed E-state index contributed by atoms with van der Waals surface area (Å²) < 4.78 is 10.5. The first kappa shape index (κ1) is 20.3. The summed E-state index contributed by atoms with van der Waals surface area (Å²) in [5, 5.41) is 0. The molecule has 29 heavy (non-hydrogen) atoms. The highest BCUT2D eigenvalue weighted by atomic mass is 16.5. The maximum Gasteiger partial charge on any atom is 0.349 e. The van der Waals surface area contributed by atoms with Crippen LogP contribution in [0.3, 0.4) is 0 Å². The first-order chi connectivity index (χ1) is 14.0. The maximum atomic E-state index is 12.7. The van der Waals surface area contributed by atoms with Crippen LogP contribution in [0, 0.1) is 0 Å². The van der Waals surface area contributed by atoms with Crippen molar-refractivity contribution in [2.75, 3.05) is 6.61 Å². The van der Waals surface area contributed by atoms with Gasteiger partial charge in [-0.15, -0.1) is 0 Å². The van der Waals surface area contributed by atoms with Gasteiger partial charge in [0.05, 0.1) is 23.4 Å². The lowest BCUT2D eigenvalue weighted by molar-refractivity contribution is -0.130. The Balaban J connectivity index is 1.75. The molecule has 1 heterocycles. The van der Waals surface area contributed by atoms with Gasteiger partial charge in [-0.05, 0) is 36.2 Å². The molecule has 0 amide bonds. The number of hydrogen-bond acceptors (Lipinski definition) is 6. The molecule has 0 spiro atoms. The second-order valence-corrected chi connectivity index (χ2v) is 6.78. The molecule has 1 aliphatic rings. The number of rotatable bonds is 7. The summed E-state index contributed by atoms with van der Waals surface area (Å²) in [6.45, 7) is 2.50. The molecular weight excluding hydrogens is 370 g/mol. The molecule has 150 valence electrons. The molecule has 0 unspecified atom stereocenters. The summed E-state index contributed by atoms with van der Waals surface area (Å²) >= 11 is 0. The lowest BCUT2D eigenvalue weighted by Crippen LogP contribution is -2.28. The highest BCUT2D eigenvalue weighted by molar-refractivity contribution is 6.31. The summed E-state index contributed by atoms with van der Waals surface area (Å²) in [6.07, 6.45) is 4.10. The van der Waals surface area contributed by atoms with Crippen molar-refractivity contribution < 1.29 is 23.9 Å². The van der Waals surface area contributed by atoms with Crippen LogP contribution in [0.1, 0.15) is 58.9 Å². The van der Waals surface area contributed by atoms with Crippen LogP contribution in [0.25, 0.3) is 5.70 Å². The van der Waals surface area contributed by atoms with E-state index in [2.05, 4.69) is 6.92 Å². The van der Waals surface area contributed by atoms with Gasteiger partial charge in [0.2, 0.25) is 5.78 Å². The zero-order valence-corrected chi connectivity index (χ0v) is 16.3. The Morgan fingerprint density at radius 1 is 0.966 bits per heavy atom. The molecule has 6 heteroatoms. The van der Waals surface area contributed by atoms with Gasteiger partial charge in [0.1, 0.15) is 11.3 Å². The van der Waals surface area contributed by atoms with E-state index in [4.69, 9.17) is 15.2 Å². The van der Waals surface area contributed by atoms with Gasteiger partial charge in [-0.3, -0.25) is 4.79 Å². The molecule has 0 saturated carbocycles. The summed E-state index contributed by atoms with van der Waals surface area (Å²) in [7, 11) is 0. The summed E-state index contributed by atoms with van der Waals surface area (Å²) in [6, 6.07) is 12.8. The van der Waals surface area contributed by atoms with Crippen molar-refractivity contribution in [3.63, 3.8) is 0 Å². The fourth-order valence-electron chi connectivity index (χ4n) is 3.06. The number of hydrogen-bond donors (Lipinski definition) is 1. The standard InChI is InChI=1S/C23H23NO5/c1-2-3-4-7-14-28-22(26)16-12-10-15(11-13-16)20(24)19-21(25)17-8-5-6-9-18(17)29-23(19)27/h5-6,8-13H,2-4,7,14,24H2,1H3/b20-19-. The van der Waals surface area contributed by atoms with Gasteiger partial charge in [-0.25, -0.2) is 9.59 Å². The molecule has 0 radical (unpaired) electrons. The van der Waals surface area contributed by atoms with Gasteiger partial charge < -0.3 is 15.2 Å². The average Bonchev–Trinajstić information content (AvgIpc) is 2.73. The van der Waals surface area contributed by atoms with Gasteiger partial charge in [0.15, 0.2) is 0 Å². The number of carbonyl (C=O) groups excluding carboxylic acids is 3. The first-order valence-corrected chi connectivity index (χ1v) is 9.66. The average molecular weight is 393 g/mol. The molecule has 0 aliphatic carbocycles. The smallest absolute Gasteiger partial charge is 0.349 e. The second kappa shape index (κ2) is 9.19. The van der Waals surface area contributed by atoms with Gasteiger partial charge >= 0.3 is 11.9 Å². The quantitative estimate of drug-likeness (QED) is 0.252. The Morgan fingerprint density at radius 2 is 1.66 bits per heavy atom. The van der Waals surface area contributed by atoms with Crippen molar-refractivity contribution in [2.24, 2.45) is 5.73 Å². The number of ether oxygens (including phenoxy) is 2. The minimum atomic E-state index is -0.790. The molecule has 0 fully saturated rings. The molecule has 0 saturated heterocycles. The molecule has 1 aliphatic heterocycles. The van der Waals surface area contributed by atoms with E-state index in [9.17, 15) is 14.4 Å². The van der Waals surface area contributed by atoms with Crippen molar-refractivity contribution in [1.82, 2.24) is 0 Å². The number of Topliss-reactive ketones (excluding diaryl/α,β-unsaturated/α-hetero) is 1. The predicted molar refractivity (Wildman–Crippen MR) is 108 cm³/mol. The van der Waals surface area contributed by atoms with Crippen LogP contribution < -0.4 is 10.5 Å². The summed E-state index contributed by atoms with van der Waals surface area (Å²) in [5.74, 6) is -1.47. The number of fused-ring (bicyclic) bond motifs is 1. The molecule has 3 rings (SSSR count). The van der Waals surface area contributed by atoms with Crippen LogP contribution in [-0.4, -0.2) is 24.3 Å². The van der Waals surface area contributed by atoms with Gasteiger partial charge in [0.25, 0.3) is 0 Å². The number of nitrogens with two attached hydrogens (primary N) is 1. The Hall–Kier alpha value is -3.41. The summed E-state index contributed by atoms with van der Waals surface area (Å²) in [5.41, 5.74) is 7.01. The first-order valence-electron chi connectivity index (χ1n) is 9.66. The third kappa shape index (κ3) is 4.54. The molecule has 0 aromatic heterocycles. The van der Waals surface area contributed by atoms with E-state index in [0.717, 1.165) is 25.7 Å². The van der Waals surface area contributed by atoms with Crippen LogP contribution in [0.2, 0.25) is 0 Å². The number of benzene rings is 2. The number of carbonyl (C=O) groups is 3.